The zero-order valence-corrected chi connectivity index (χ0v) is 6.94. The van der Waals surface area contributed by atoms with Crippen LogP contribution in [0.5, 0.6) is 0 Å². The van der Waals surface area contributed by atoms with Crippen LogP contribution in [0.3, 0.4) is 0 Å². The van der Waals surface area contributed by atoms with E-state index in [0.29, 0.717) is 0 Å². The lowest BCUT2D eigenvalue weighted by Gasteiger charge is -2.24. The minimum atomic E-state index is -1.08. The molecule has 2 aliphatic carbocycles. The van der Waals surface area contributed by atoms with Gasteiger partial charge in [-0.25, -0.2) is 0 Å². The van der Waals surface area contributed by atoms with Crippen LogP contribution in [0.25, 0.3) is 0 Å². The van der Waals surface area contributed by atoms with Crippen molar-refractivity contribution < 1.29 is 0 Å². The van der Waals surface area contributed by atoms with Gasteiger partial charge in [-0.1, -0.05) is 12.2 Å². The minimum Gasteiger partial charge on any atom is -0.198 e. The van der Waals surface area contributed by atoms with E-state index in [-0.39, 0.29) is 11.8 Å². The molecule has 0 amide bonds. The second-order valence-electron chi connectivity index (χ2n) is 3.59. The maximum absolute atomic E-state index is 8.98. The van der Waals surface area contributed by atoms with E-state index in [1.807, 2.05) is 24.3 Å². The summed E-state index contributed by atoms with van der Waals surface area (Å²) in [4.78, 5) is 0. The molecule has 3 heteroatoms. The predicted molar refractivity (Wildman–Crippen MR) is 43.5 cm³/mol. The van der Waals surface area contributed by atoms with Gasteiger partial charge in [0, 0.05) is 5.92 Å². The van der Waals surface area contributed by atoms with Gasteiger partial charge in [0.15, 0.2) is 5.41 Å². The molecular formula is C10H7N3. The zero-order valence-electron chi connectivity index (χ0n) is 6.94. The summed E-state index contributed by atoms with van der Waals surface area (Å²) < 4.78 is 0. The molecule has 0 unspecified atom stereocenters. The van der Waals surface area contributed by atoms with Crippen molar-refractivity contribution in [2.24, 2.45) is 23.2 Å². The first-order chi connectivity index (χ1) is 6.28. The standard InChI is InChI=1S/C10H7N3/c11-4-9-7-1-2-8(3-7)10(9,5-12)6-13/h1-2,7-9H,3H2/t7-,8+,9-/m0/s1. The maximum atomic E-state index is 8.98. The van der Waals surface area contributed by atoms with Crippen molar-refractivity contribution in [3.8, 4) is 18.2 Å². The van der Waals surface area contributed by atoms with Crippen LogP contribution in [0.1, 0.15) is 6.42 Å². The number of fused-ring (bicyclic) bond motifs is 2. The minimum absolute atomic E-state index is 0.0304. The highest BCUT2D eigenvalue weighted by Gasteiger charge is 2.57. The van der Waals surface area contributed by atoms with Crippen molar-refractivity contribution >= 4 is 0 Å². The molecule has 0 heterocycles. The molecule has 0 radical (unpaired) electrons. The fourth-order valence-electron chi connectivity index (χ4n) is 2.41. The van der Waals surface area contributed by atoms with E-state index in [2.05, 4.69) is 6.07 Å². The summed E-state index contributed by atoms with van der Waals surface area (Å²) in [5, 5.41) is 26.9. The highest BCUT2D eigenvalue weighted by molar-refractivity contribution is 5.35. The van der Waals surface area contributed by atoms with Crippen molar-refractivity contribution in [3.05, 3.63) is 12.2 Å². The predicted octanol–water partition coefficient (Wildman–Crippen LogP) is 1.37. The second kappa shape index (κ2) is 2.35. The van der Waals surface area contributed by atoms with Gasteiger partial charge in [-0.15, -0.1) is 0 Å². The van der Waals surface area contributed by atoms with Crippen LogP contribution >= 0.6 is 0 Å². The summed E-state index contributed by atoms with van der Waals surface area (Å²) in [6.07, 6.45) is 4.66. The average Bonchev–Trinajstić information content (AvgIpc) is 2.74. The summed E-state index contributed by atoms with van der Waals surface area (Å²) in [5.74, 6) is -0.344. The highest BCUT2D eigenvalue weighted by Crippen LogP contribution is 2.55. The molecule has 2 aliphatic rings. The Labute approximate surface area is 76.5 Å². The van der Waals surface area contributed by atoms with Crippen LogP contribution in [0.15, 0.2) is 12.2 Å². The number of rotatable bonds is 0. The molecule has 62 valence electrons. The van der Waals surface area contributed by atoms with Gasteiger partial charge in [-0.2, -0.15) is 15.8 Å². The Morgan fingerprint density at radius 3 is 2.31 bits per heavy atom. The van der Waals surface area contributed by atoms with E-state index in [1.165, 1.54) is 0 Å². The SMILES string of the molecule is N#C[C@H]1[C@H]2C=C[C@H](C2)C1(C#N)C#N. The van der Waals surface area contributed by atoms with E-state index in [4.69, 9.17) is 15.8 Å². The van der Waals surface area contributed by atoms with Crippen LogP contribution in [0.4, 0.5) is 0 Å². The molecule has 0 N–H and O–H groups in total. The monoisotopic (exact) mass is 169 g/mol. The molecule has 0 aromatic carbocycles. The first-order valence-corrected chi connectivity index (χ1v) is 4.19. The summed E-state index contributed by atoms with van der Waals surface area (Å²) in [6, 6.07) is 6.14. The van der Waals surface area contributed by atoms with Gasteiger partial charge < -0.3 is 0 Å². The van der Waals surface area contributed by atoms with Crippen molar-refractivity contribution in [2.75, 3.05) is 0 Å². The largest absolute Gasteiger partial charge is 0.198 e. The number of allylic oxidation sites excluding steroid dienone is 2. The average molecular weight is 169 g/mol. The molecule has 3 atom stereocenters. The maximum Gasteiger partial charge on any atom is 0.166 e. The van der Waals surface area contributed by atoms with Crippen molar-refractivity contribution in [1.29, 1.82) is 15.8 Å². The first-order valence-electron chi connectivity index (χ1n) is 4.19. The topological polar surface area (TPSA) is 71.4 Å². The lowest BCUT2D eigenvalue weighted by molar-refractivity contribution is 0.361. The lowest BCUT2D eigenvalue weighted by Crippen LogP contribution is -2.30. The molecule has 1 saturated carbocycles. The fraction of sp³-hybridized carbons (Fsp3) is 0.500. The Morgan fingerprint density at radius 1 is 1.15 bits per heavy atom. The fourth-order valence-corrected chi connectivity index (χ4v) is 2.41. The quantitative estimate of drug-likeness (QED) is 0.514. The third-order valence-electron chi connectivity index (χ3n) is 3.13. The first kappa shape index (κ1) is 7.84. The third kappa shape index (κ3) is 0.707. The van der Waals surface area contributed by atoms with Gasteiger partial charge in [-0.05, 0) is 12.3 Å². The van der Waals surface area contributed by atoms with Crippen LogP contribution in [-0.4, -0.2) is 0 Å². The molecule has 3 nitrogen and oxygen atoms in total. The number of hydrogen-bond acceptors (Lipinski definition) is 3. The highest BCUT2D eigenvalue weighted by atomic mass is 14.6. The Kier molecular flexibility index (Phi) is 1.42. The van der Waals surface area contributed by atoms with Crippen molar-refractivity contribution in [2.45, 2.75) is 6.42 Å². The molecule has 1 fully saturated rings. The molecular weight excluding hydrogens is 162 g/mol. The van der Waals surface area contributed by atoms with E-state index >= 15 is 0 Å². The Morgan fingerprint density at radius 2 is 1.85 bits per heavy atom. The van der Waals surface area contributed by atoms with E-state index in [0.717, 1.165) is 6.42 Å². The summed E-state index contributed by atoms with van der Waals surface area (Å²) in [7, 11) is 0. The van der Waals surface area contributed by atoms with Crippen molar-refractivity contribution in [3.63, 3.8) is 0 Å². The third-order valence-corrected chi connectivity index (χ3v) is 3.13. The van der Waals surface area contributed by atoms with Crippen LogP contribution < -0.4 is 0 Å². The lowest BCUT2D eigenvalue weighted by atomic mass is 9.71. The van der Waals surface area contributed by atoms with Gasteiger partial charge in [-0.3, -0.25) is 0 Å². The molecule has 0 saturated heterocycles. The van der Waals surface area contributed by atoms with Gasteiger partial charge in [0.2, 0.25) is 0 Å². The molecule has 2 bridgehead atoms. The molecule has 13 heavy (non-hydrogen) atoms. The Bertz CT molecular complexity index is 374. The number of nitrogens with zero attached hydrogens (tertiary/aromatic N) is 3. The van der Waals surface area contributed by atoms with Crippen molar-refractivity contribution in [1.82, 2.24) is 0 Å². The van der Waals surface area contributed by atoms with E-state index in [1.54, 1.807) is 0 Å². The summed E-state index contributed by atoms with van der Waals surface area (Å²) in [6.45, 7) is 0. The number of nitriles is 3. The summed E-state index contributed by atoms with van der Waals surface area (Å²) in [5.41, 5.74) is -1.08. The second-order valence-corrected chi connectivity index (χ2v) is 3.59. The molecule has 0 aromatic heterocycles. The van der Waals surface area contributed by atoms with Crippen LogP contribution in [0, 0.1) is 57.2 Å². The van der Waals surface area contributed by atoms with E-state index in [9.17, 15) is 0 Å². The smallest absolute Gasteiger partial charge is 0.166 e. The van der Waals surface area contributed by atoms with Crippen LogP contribution in [0.2, 0.25) is 0 Å². The van der Waals surface area contributed by atoms with Gasteiger partial charge in [0.1, 0.15) is 0 Å². The van der Waals surface area contributed by atoms with Gasteiger partial charge in [0.25, 0.3) is 0 Å². The zero-order chi connectivity index (χ0) is 9.47. The summed E-state index contributed by atoms with van der Waals surface area (Å²) >= 11 is 0. The van der Waals surface area contributed by atoms with Gasteiger partial charge in [0.05, 0.1) is 24.1 Å². The number of hydrogen-bond donors (Lipinski definition) is 0. The van der Waals surface area contributed by atoms with Crippen LogP contribution in [-0.2, 0) is 0 Å². The molecule has 0 aromatic rings. The van der Waals surface area contributed by atoms with E-state index < -0.39 is 11.3 Å². The Hall–Kier alpha value is -1.79. The Balaban J connectivity index is 2.53. The molecule has 0 spiro atoms. The normalized spacial score (nSPS) is 37.8. The molecule has 2 rings (SSSR count). The molecule has 0 aliphatic heterocycles. The van der Waals surface area contributed by atoms with Gasteiger partial charge >= 0.3 is 0 Å².